The fourth-order valence-electron chi connectivity index (χ4n) is 2.07. The zero-order valence-electron chi connectivity index (χ0n) is 10.1. The first-order valence-corrected chi connectivity index (χ1v) is 6.89. The van der Waals surface area contributed by atoms with Crippen molar-refractivity contribution in [1.82, 2.24) is 5.32 Å². The van der Waals surface area contributed by atoms with Gasteiger partial charge in [0.2, 0.25) is 5.91 Å². The molecule has 5 heteroatoms. The molecular formula is C13H17BrN2O2. The molecule has 1 unspecified atom stereocenters. The number of hydrogen-bond acceptors (Lipinski definition) is 3. The molecule has 0 spiro atoms. The number of ether oxygens (including phenoxy) is 1. The lowest BCUT2D eigenvalue weighted by molar-refractivity contribution is 0.0999. The van der Waals surface area contributed by atoms with E-state index in [0.717, 1.165) is 18.8 Å². The Bertz CT molecular complexity index is 431. The molecule has 2 rings (SSSR count). The Hall–Kier alpha value is -1.07. The van der Waals surface area contributed by atoms with Crippen LogP contribution in [0.1, 0.15) is 23.2 Å². The molecule has 0 aromatic heterocycles. The first-order chi connectivity index (χ1) is 8.66. The van der Waals surface area contributed by atoms with E-state index in [1.807, 2.05) is 0 Å². The SMILES string of the molecule is NC(=O)c1ccc(OCC2CCCNC2)cc1Br. The number of amides is 1. The molecule has 1 atom stereocenters. The maximum absolute atomic E-state index is 11.1. The van der Waals surface area contributed by atoms with Crippen molar-refractivity contribution < 1.29 is 9.53 Å². The van der Waals surface area contributed by atoms with E-state index in [4.69, 9.17) is 10.5 Å². The van der Waals surface area contributed by atoms with E-state index < -0.39 is 5.91 Å². The smallest absolute Gasteiger partial charge is 0.249 e. The Kier molecular flexibility index (Phi) is 4.60. The molecule has 1 saturated heterocycles. The Morgan fingerprint density at radius 2 is 2.39 bits per heavy atom. The van der Waals surface area contributed by atoms with Gasteiger partial charge in [-0.05, 0) is 53.5 Å². The van der Waals surface area contributed by atoms with Gasteiger partial charge in [-0.1, -0.05) is 0 Å². The quantitative estimate of drug-likeness (QED) is 0.893. The highest BCUT2D eigenvalue weighted by molar-refractivity contribution is 9.10. The first-order valence-electron chi connectivity index (χ1n) is 6.09. The van der Waals surface area contributed by atoms with Crippen molar-refractivity contribution in [2.45, 2.75) is 12.8 Å². The minimum atomic E-state index is -0.440. The molecule has 0 saturated carbocycles. The number of carbonyl (C=O) groups excluding carboxylic acids is 1. The molecule has 1 heterocycles. The predicted octanol–water partition coefficient (Wildman–Crippen LogP) is 1.93. The molecule has 1 aromatic carbocycles. The van der Waals surface area contributed by atoms with Gasteiger partial charge in [0.1, 0.15) is 5.75 Å². The van der Waals surface area contributed by atoms with Crippen molar-refractivity contribution in [3.63, 3.8) is 0 Å². The van der Waals surface area contributed by atoms with Gasteiger partial charge in [0.15, 0.2) is 0 Å². The van der Waals surface area contributed by atoms with E-state index in [-0.39, 0.29) is 0 Å². The van der Waals surface area contributed by atoms with Crippen LogP contribution in [-0.2, 0) is 0 Å². The highest BCUT2D eigenvalue weighted by atomic mass is 79.9. The van der Waals surface area contributed by atoms with Crippen molar-refractivity contribution in [3.8, 4) is 5.75 Å². The van der Waals surface area contributed by atoms with Gasteiger partial charge < -0.3 is 15.8 Å². The van der Waals surface area contributed by atoms with E-state index in [1.165, 1.54) is 12.8 Å². The van der Waals surface area contributed by atoms with Gasteiger partial charge in [-0.15, -0.1) is 0 Å². The zero-order chi connectivity index (χ0) is 13.0. The number of nitrogens with two attached hydrogens (primary N) is 1. The largest absolute Gasteiger partial charge is 0.493 e. The highest BCUT2D eigenvalue weighted by Crippen LogP contribution is 2.23. The van der Waals surface area contributed by atoms with Crippen LogP contribution in [0.25, 0.3) is 0 Å². The second-order valence-corrected chi connectivity index (χ2v) is 5.38. The number of halogens is 1. The standard InChI is InChI=1S/C13H17BrN2O2/c14-12-6-10(3-4-11(12)13(15)17)18-8-9-2-1-5-16-7-9/h3-4,6,9,16H,1-2,5,7-8H2,(H2,15,17). The third-order valence-corrected chi connectivity index (χ3v) is 3.75. The van der Waals surface area contributed by atoms with Gasteiger partial charge in [0.25, 0.3) is 0 Å². The number of rotatable bonds is 4. The lowest BCUT2D eigenvalue weighted by atomic mass is 10.0. The van der Waals surface area contributed by atoms with E-state index in [9.17, 15) is 4.79 Å². The summed E-state index contributed by atoms with van der Waals surface area (Å²) >= 11 is 3.32. The van der Waals surface area contributed by atoms with E-state index in [1.54, 1.807) is 18.2 Å². The molecule has 4 nitrogen and oxygen atoms in total. The lowest BCUT2D eigenvalue weighted by Crippen LogP contribution is -2.33. The van der Waals surface area contributed by atoms with E-state index in [0.29, 0.717) is 22.6 Å². The van der Waals surface area contributed by atoms with Crippen LogP contribution in [0.4, 0.5) is 0 Å². The molecule has 1 aromatic rings. The summed E-state index contributed by atoms with van der Waals surface area (Å²) in [5.74, 6) is 0.885. The summed E-state index contributed by atoms with van der Waals surface area (Å²) in [4.78, 5) is 11.1. The number of primary amides is 1. The Labute approximate surface area is 115 Å². The van der Waals surface area contributed by atoms with Crippen LogP contribution in [0.5, 0.6) is 5.75 Å². The molecule has 0 radical (unpaired) electrons. The van der Waals surface area contributed by atoms with Crippen LogP contribution < -0.4 is 15.8 Å². The fraction of sp³-hybridized carbons (Fsp3) is 0.462. The molecule has 1 aliphatic heterocycles. The molecule has 3 N–H and O–H groups in total. The summed E-state index contributed by atoms with van der Waals surface area (Å²) in [6, 6.07) is 5.25. The van der Waals surface area contributed by atoms with E-state index >= 15 is 0 Å². The topological polar surface area (TPSA) is 64.4 Å². The van der Waals surface area contributed by atoms with Crippen LogP contribution >= 0.6 is 15.9 Å². The second kappa shape index (κ2) is 6.20. The van der Waals surface area contributed by atoms with Crippen molar-refractivity contribution in [2.75, 3.05) is 19.7 Å². The molecule has 98 valence electrons. The molecule has 0 bridgehead atoms. The fourth-order valence-corrected chi connectivity index (χ4v) is 2.62. The number of hydrogen-bond donors (Lipinski definition) is 2. The average Bonchev–Trinajstić information content (AvgIpc) is 2.37. The third kappa shape index (κ3) is 3.46. The summed E-state index contributed by atoms with van der Waals surface area (Å²) in [5, 5.41) is 3.36. The zero-order valence-corrected chi connectivity index (χ0v) is 11.7. The van der Waals surface area contributed by atoms with Gasteiger partial charge >= 0.3 is 0 Å². The Morgan fingerprint density at radius 3 is 3.00 bits per heavy atom. The van der Waals surface area contributed by atoms with Gasteiger partial charge in [-0.25, -0.2) is 0 Å². The maximum Gasteiger partial charge on any atom is 0.249 e. The number of nitrogens with one attached hydrogen (secondary N) is 1. The summed E-state index contributed by atoms with van der Waals surface area (Å²) in [6.45, 7) is 2.82. The number of benzene rings is 1. The van der Waals surface area contributed by atoms with Crippen LogP contribution in [0.3, 0.4) is 0 Å². The normalized spacial score (nSPS) is 19.5. The van der Waals surface area contributed by atoms with Crippen LogP contribution in [-0.4, -0.2) is 25.6 Å². The molecule has 1 amide bonds. The minimum Gasteiger partial charge on any atom is -0.493 e. The minimum absolute atomic E-state index is 0.440. The third-order valence-electron chi connectivity index (χ3n) is 3.09. The summed E-state index contributed by atoms with van der Waals surface area (Å²) in [7, 11) is 0. The van der Waals surface area contributed by atoms with Gasteiger partial charge in [-0.2, -0.15) is 0 Å². The van der Waals surface area contributed by atoms with Crippen molar-refractivity contribution in [1.29, 1.82) is 0 Å². The van der Waals surface area contributed by atoms with Gasteiger partial charge in [-0.3, -0.25) is 4.79 Å². The van der Waals surface area contributed by atoms with Crippen molar-refractivity contribution >= 4 is 21.8 Å². The van der Waals surface area contributed by atoms with Crippen molar-refractivity contribution in [3.05, 3.63) is 28.2 Å². The van der Waals surface area contributed by atoms with E-state index in [2.05, 4.69) is 21.2 Å². The van der Waals surface area contributed by atoms with Gasteiger partial charge in [0, 0.05) is 16.9 Å². The van der Waals surface area contributed by atoms with Crippen LogP contribution in [0.15, 0.2) is 22.7 Å². The number of carbonyl (C=O) groups is 1. The van der Waals surface area contributed by atoms with Gasteiger partial charge in [0.05, 0.1) is 12.2 Å². The maximum atomic E-state index is 11.1. The lowest BCUT2D eigenvalue weighted by Gasteiger charge is -2.22. The average molecular weight is 313 g/mol. The number of piperidine rings is 1. The monoisotopic (exact) mass is 312 g/mol. The Morgan fingerprint density at radius 1 is 1.56 bits per heavy atom. The molecular weight excluding hydrogens is 296 g/mol. The van der Waals surface area contributed by atoms with Crippen LogP contribution in [0, 0.1) is 5.92 Å². The highest BCUT2D eigenvalue weighted by Gasteiger charge is 2.14. The first kappa shape index (κ1) is 13.4. The molecule has 0 aliphatic carbocycles. The van der Waals surface area contributed by atoms with Crippen LogP contribution in [0.2, 0.25) is 0 Å². The second-order valence-electron chi connectivity index (χ2n) is 4.53. The summed E-state index contributed by atoms with van der Waals surface area (Å²) in [6.07, 6.45) is 2.41. The Balaban J connectivity index is 1.93. The van der Waals surface area contributed by atoms with Crippen molar-refractivity contribution in [2.24, 2.45) is 11.7 Å². The summed E-state index contributed by atoms with van der Waals surface area (Å²) < 4.78 is 6.41. The molecule has 1 fully saturated rings. The summed E-state index contributed by atoms with van der Waals surface area (Å²) in [5.41, 5.74) is 5.71. The molecule has 1 aliphatic rings. The predicted molar refractivity (Wildman–Crippen MR) is 73.7 cm³/mol. The molecule has 18 heavy (non-hydrogen) atoms.